The van der Waals surface area contributed by atoms with E-state index in [2.05, 4.69) is 90.3 Å². The highest BCUT2D eigenvalue weighted by molar-refractivity contribution is 6.02. The Hall–Kier alpha value is -4.72. The van der Waals surface area contributed by atoms with Crippen molar-refractivity contribution in [3.05, 3.63) is 101 Å². The van der Waals surface area contributed by atoms with Crippen LogP contribution in [-0.4, -0.2) is 61.3 Å². The first-order valence-electron chi connectivity index (χ1n) is 16.6. The summed E-state index contributed by atoms with van der Waals surface area (Å²) in [6.45, 7) is 18.8. The normalized spacial score (nSPS) is 13.2. The Bertz CT molecular complexity index is 1530. The maximum Gasteiger partial charge on any atom is 0.255 e. The van der Waals surface area contributed by atoms with Gasteiger partial charge in [-0.25, -0.2) is 0 Å². The van der Waals surface area contributed by atoms with Crippen LogP contribution in [0.2, 0.25) is 0 Å². The fourth-order valence-electron chi connectivity index (χ4n) is 6.64. The van der Waals surface area contributed by atoms with Gasteiger partial charge >= 0.3 is 0 Å². The van der Waals surface area contributed by atoms with E-state index in [9.17, 15) is 4.79 Å². The molecule has 0 bridgehead atoms. The van der Waals surface area contributed by atoms with Gasteiger partial charge < -0.3 is 34.5 Å². The summed E-state index contributed by atoms with van der Waals surface area (Å²) >= 11 is 0. The first kappa shape index (κ1) is 34.2. The van der Waals surface area contributed by atoms with E-state index < -0.39 is 5.54 Å². The number of H-pyrrole nitrogens is 1. The highest BCUT2D eigenvalue weighted by Crippen LogP contribution is 2.58. The molecule has 0 atom stereocenters. The summed E-state index contributed by atoms with van der Waals surface area (Å²) < 4.78 is 6.77. The largest absolute Gasteiger partial charge is 0.456 e. The molecule has 3 aromatic carbocycles. The molecule has 0 saturated heterocycles. The lowest BCUT2D eigenvalue weighted by Crippen LogP contribution is -2.49. The molecule has 3 heterocycles. The van der Waals surface area contributed by atoms with E-state index in [4.69, 9.17) is 9.53 Å². The average Bonchev–Trinajstić information content (AvgIpc) is 3.69. The predicted octanol–water partition coefficient (Wildman–Crippen LogP) is 7.90. The average molecular weight is 624 g/mol. The maximum atomic E-state index is 14.3. The second-order valence-corrected chi connectivity index (χ2v) is 10.8. The van der Waals surface area contributed by atoms with Crippen LogP contribution in [0.1, 0.15) is 75.5 Å². The van der Waals surface area contributed by atoms with Crippen LogP contribution in [0.25, 0.3) is 0 Å². The third-order valence-corrected chi connectivity index (χ3v) is 8.63. The minimum absolute atomic E-state index is 0.0355. The van der Waals surface area contributed by atoms with Crippen LogP contribution < -0.4 is 19.9 Å². The fourth-order valence-corrected chi connectivity index (χ4v) is 6.64. The summed E-state index contributed by atoms with van der Waals surface area (Å²) in [5, 5.41) is 3.45. The zero-order chi connectivity index (χ0) is 33.3. The molecule has 0 fully saturated rings. The number of hydrogen-bond acceptors (Lipinski definition) is 6. The number of nitrogens with one attached hydrogen (secondary N) is 2. The van der Waals surface area contributed by atoms with Gasteiger partial charge in [-0.1, -0.05) is 44.2 Å². The Morgan fingerprint density at radius 3 is 1.85 bits per heavy atom. The Kier molecular flexibility index (Phi) is 11.5. The van der Waals surface area contributed by atoms with Gasteiger partial charge in [-0.15, -0.1) is 0 Å². The molecule has 46 heavy (non-hydrogen) atoms. The van der Waals surface area contributed by atoms with Crippen LogP contribution >= 0.6 is 0 Å². The fraction of sp³-hybridized carbons (Fsp3) is 0.368. The molecule has 1 spiro atoms. The zero-order valence-corrected chi connectivity index (χ0v) is 28.4. The van der Waals surface area contributed by atoms with Gasteiger partial charge in [-0.2, -0.15) is 0 Å². The third kappa shape index (κ3) is 6.08. The molecule has 4 aromatic rings. The molecule has 1 amide bonds. The molecular formula is C38H49N5O3. The van der Waals surface area contributed by atoms with Crippen LogP contribution in [0.15, 0.2) is 79.0 Å². The summed E-state index contributed by atoms with van der Waals surface area (Å²) in [6, 6.07) is 25.0. The van der Waals surface area contributed by atoms with Crippen LogP contribution in [-0.2, 0) is 10.3 Å². The number of ether oxygens (including phenoxy) is 1. The Morgan fingerprint density at radius 2 is 1.35 bits per heavy atom. The molecule has 8 nitrogen and oxygen atoms in total. The molecule has 0 radical (unpaired) electrons. The molecule has 1 aromatic heterocycles. The van der Waals surface area contributed by atoms with Gasteiger partial charge in [0.2, 0.25) is 0 Å². The number of rotatable bonds is 10. The molecule has 2 aliphatic heterocycles. The number of aromatic amines is 1. The number of nitrogens with zero attached hydrogens (tertiary/aromatic N) is 3. The summed E-state index contributed by atoms with van der Waals surface area (Å²) in [6.07, 6.45) is 2.65. The Morgan fingerprint density at radius 1 is 0.804 bits per heavy atom. The zero-order valence-electron chi connectivity index (χ0n) is 28.4. The highest BCUT2D eigenvalue weighted by Gasteiger charge is 2.56. The predicted molar refractivity (Wildman–Crippen MR) is 190 cm³/mol. The van der Waals surface area contributed by atoms with Gasteiger partial charge in [0.05, 0.1) is 0 Å². The molecule has 0 saturated carbocycles. The van der Waals surface area contributed by atoms with Crippen molar-refractivity contribution < 1.29 is 14.3 Å². The number of hydrogen-bond donors (Lipinski definition) is 2. The number of fused-ring (bicyclic) bond motifs is 6. The van der Waals surface area contributed by atoms with E-state index in [1.165, 1.54) is 6.92 Å². The molecule has 0 unspecified atom stereocenters. The molecule has 2 aliphatic rings. The van der Waals surface area contributed by atoms with Crippen molar-refractivity contribution in [3.8, 4) is 11.5 Å². The number of carbonyl (C=O) groups excluding carboxylic acids is 2. The number of aromatic nitrogens is 1. The molecule has 2 N–H and O–H groups in total. The number of anilines is 3. The minimum atomic E-state index is -0.808. The number of amides is 1. The lowest BCUT2D eigenvalue weighted by molar-refractivity contribution is -0.106. The van der Waals surface area contributed by atoms with E-state index in [0.717, 1.165) is 83.4 Å². The van der Waals surface area contributed by atoms with Crippen LogP contribution in [0.3, 0.4) is 0 Å². The molecular weight excluding hydrogens is 574 g/mol. The second kappa shape index (κ2) is 15.5. The molecule has 0 aliphatic carbocycles. The van der Waals surface area contributed by atoms with Crippen molar-refractivity contribution in [2.45, 2.75) is 54.0 Å². The van der Waals surface area contributed by atoms with Crippen molar-refractivity contribution in [1.29, 1.82) is 0 Å². The monoisotopic (exact) mass is 623 g/mol. The van der Waals surface area contributed by atoms with Crippen molar-refractivity contribution in [2.24, 2.45) is 0 Å². The van der Waals surface area contributed by atoms with Crippen molar-refractivity contribution in [2.75, 3.05) is 54.4 Å². The van der Waals surface area contributed by atoms with E-state index in [1.54, 1.807) is 0 Å². The van der Waals surface area contributed by atoms with Crippen LogP contribution in [0, 0.1) is 0 Å². The third-order valence-electron chi connectivity index (χ3n) is 8.63. The van der Waals surface area contributed by atoms with Crippen LogP contribution in [0.4, 0.5) is 17.2 Å². The van der Waals surface area contributed by atoms with Gasteiger partial charge in [-0.05, 0) is 70.5 Å². The Labute approximate surface area is 274 Å². The van der Waals surface area contributed by atoms with E-state index in [0.29, 0.717) is 13.1 Å². The second-order valence-electron chi connectivity index (χ2n) is 10.8. The maximum absolute atomic E-state index is 14.3. The quantitative estimate of drug-likeness (QED) is 0.175. The van der Waals surface area contributed by atoms with Gasteiger partial charge in [-0.3, -0.25) is 4.79 Å². The Balaban J connectivity index is 0.000000908. The van der Waals surface area contributed by atoms with Crippen molar-refractivity contribution in [1.82, 2.24) is 9.88 Å². The van der Waals surface area contributed by atoms with Gasteiger partial charge in [0.1, 0.15) is 29.1 Å². The van der Waals surface area contributed by atoms with E-state index in [-0.39, 0.29) is 5.91 Å². The van der Waals surface area contributed by atoms with Gasteiger partial charge in [0, 0.05) is 85.7 Å². The highest BCUT2D eigenvalue weighted by atomic mass is 16.5. The standard InChI is InChI=1S/C34H39N5O2.C2H4O.C2H6/c1-5-37(6-2)24-15-17-28-30(22-24)41-31-23-25(38(7-3)8-4)16-18-29(31)34(28)27-13-10-9-12-26(27)33(40)39(34)21-20-36-32-14-11-19-35-32;1-2-3;1-2/h9-19,22-23,35-36H,5-8,20-21H2,1-4H3;2H,1H3;1-2H3. The smallest absolute Gasteiger partial charge is 0.255 e. The first-order valence-corrected chi connectivity index (χ1v) is 16.6. The SMILES string of the molecule is CC.CC=O.CCN(CC)c1ccc2c(c1)Oc1cc(N(CC)CC)ccc1C21c2ccccc2C(=O)N1CCNc1ccc[nH]1. The summed E-state index contributed by atoms with van der Waals surface area (Å²) in [4.78, 5) is 33.0. The molecule has 6 rings (SSSR count). The summed E-state index contributed by atoms with van der Waals surface area (Å²) in [5.41, 5.74) is 5.16. The van der Waals surface area contributed by atoms with E-state index in [1.807, 2.05) is 55.3 Å². The summed E-state index contributed by atoms with van der Waals surface area (Å²) in [7, 11) is 0. The van der Waals surface area contributed by atoms with Gasteiger partial charge in [0.25, 0.3) is 5.91 Å². The van der Waals surface area contributed by atoms with Crippen molar-refractivity contribution in [3.63, 3.8) is 0 Å². The number of aldehydes is 1. The number of benzene rings is 3. The first-order chi connectivity index (χ1) is 22.5. The lowest BCUT2D eigenvalue weighted by atomic mass is 9.74. The topological polar surface area (TPSA) is 80.9 Å². The minimum Gasteiger partial charge on any atom is -0.456 e. The van der Waals surface area contributed by atoms with Gasteiger partial charge in [0.15, 0.2) is 0 Å². The summed E-state index contributed by atoms with van der Waals surface area (Å²) in [5.74, 6) is 2.56. The van der Waals surface area contributed by atoms with Crippen LogP contribution in [0.5, 0.6) is 11.5 Å². The molecule has 244 valence electrons. The number of carbonyl (C=O) groups is 2. The molecule has 8 heteroatoms. The van der Waals surface area contributed by atoms with Crippen molar-refractivity contribution >= 4 is 29.4 Å². The lowest BCUT2D eigenvalue weighted by Gasteiger charge is -2.45. The van der Waals surface area contributed by atoms with E-state index >= 15 is 0 Å².